The number of hydrogen-bond acceptors (Lipinski definition) is 4. The zero-order chi connectivity index (χ0) is 21.6. The summed E-state index contributed by atoms with van der Waals surface area (Å²) in [6.45, 7) is 0.242. The van der Waals surface area contributed by atoms with Crippen molar-refractivity contribution in [1.29, 1.82) is 5.26 Å². The molecule has 0 fully saturated rings. The molecule has 152 valence electrons. The minimum atomic E-state index is -4.50. The van der Waals surface area contributed by atoms with Crippen LogP contribution in [0.2, 0.25) is 0 Å². The standard InChI is InChI=1S/C22H16F3N3O2/c23-22(24,25)17-5-2-4-16(12-17)21(29)28-9-7-15-3-1-6-19(11-15)30-20-8-10-27-18(13-20)14-26/h1-6,8,10-13H,7,9H2,(H,28,29). The van der Waals surface area contributed by atoms with Crippen LogP contribution < -0.4 is 10.1 Å². The van der Waals surface area contributed by atoms with Crippen molar-refractivity contribution < 1.29 is 22.7 Å². The fraction of sp³-hybridized carbons (Fsp3) is 0.136. The number of halogens is 3. The van der Waals surface area contributed by atoms with Gasteiger partial charge in [0.05, 0.1) is 5.56 Å². The predicted molar refractivity (Wildman–Crippen MR) is 103 cm³/mol. The van der Waals surface area contributed by atoms with Gasteiger partial charge < -0.3 is 10.1 Å². The lowest BCUT2D eigenvalue weighted by Gasteiger charge is -2.10. The van der Waals surface area contributed by atoms with E-state index in [0.29, 0.717) is 17.9 Å². The maximum absolute atomic E-state index is 12.8. The topological polar surface area (TPSA) is 75.0 Å². The number of alkyl halides is 3. The molecule has 8 heteroatoms. The van der Waals surface area contributed by atoms with E-state index in [1.54, 1.807) is 24.3 Å². The first-order chi connectivity index (χ1) is 14.3. The number of carbonyl (C=O) groups excluding carboxylic acids is 1. The van der Waals surface area contributed by atoms with E-state index in [9.17, 15) is 18.0 Å². The van der Waals surface area contributed by atoms with Gasteiger partial charge in [-0.15, -0.1) is 0 Å². The second kappa shape index (κ2) is 9.09. The number of benzene rings is 2. The molecular weight excluding hydrogens is 395 g/mol. The largest absolute Gasteiger partial charge is 0.457 e. The third kappa shape index (κ3) is 5.58. The highest BCUT2D eigenvalue weighted by molar-refractivity contribution is 5.94. The summed E-state index contributed by atoms with van der Waals surface area (Å²) in [5, 5.41) is 11.5. The van der Waals surface area contributed by atoms with Crippen molar-refractivity contribution in [2.24, 2.45) is 0 Å². The minimum absolute atomic E-state index is 0.0482. The van der Waals surface area contributed by atoms with Gasteiger partial charge in [0.15, 0.2) is 0 Å². The molecule has 0 aliphatic carbocycles. The first kappa shape index (κ1) is 20.9. The summed E-state index contributed by atoms with van der Waals surface area (Å²) in [7, 11) is 0. The van der Waals surface area contributed by atoms with Crippen LogP contribution in [-0.4, -0.2) is 17.4 Å². The van der Waals surface area contributed by atoms with Crippen LogP contribution >= 0.6 is 0 Å². The highest BCUT2D eigenvalue weighted by atomic mass is 19.4. The highest BCUT2D eigenvalue weighted by Crippen LogP contribution is 2.29. The van der Waals surface area contributed by atoms with Crippen LogP contribution in [0.1, 0.15) is 27.2 Å². The van der Waals surface area contributed by atoms with E-state index in [4.69, 9.17) is 10.00 Å². The van der Waals surface area contributed by atoms with E-state index in [0.717, 1.165) is 17.7 Å². The van der Waals surface area contributed by atoms with Gasteiger partial charge in [0, 0.05) is 24.4 Å². The third-order valence-electron chi connectivity index (χ3n) is 4.13. The number of ether oxygens (including phenoxy) is 1. The van der Waals surface area contributed by atoms with Crippen LogP contribution in [0.5, 0.6) is 11.5 Å². The molecule has 3 aromatic rings. The van der Waals surface area contributed by atoms with Crippen molar-refractivity contribution in [3.8, 4) is 17.6 Å². The number of carbonyl (C=O) groups is 1. The van der Waals surface area contributed by atoms with Gasteiger partial charge in [-0.3, -0.25) is 4.79 Å². The van der Waals surface area contributed by atoms with Gasteiger partial charge in [-0.1, -0.05) is 18.2 Å². The summed E-state index contributed by atoms with van der Waals surface area (Å²) in [5.74, 6) is 0.442. The van der Waals surface area contributed by atoms with E-state index in [2.05, 4.69) is 10.3 Å². The normalized spacial score (nSPS) is 10.9. The molecule has 0 aliphatic heterocycles. The maximum Gasteiger partial charge on any atom is 0.416 e. The van der Waals surface area contributed by atoms with Gasteiger partial charge in [0.25, 0.3) is 5.91 Å². The Balaban J connectivity index is 1.58. The van der Waals surface area contributed by atoms with Crippen LogP contribution in [0.4, 0.5) is 13.2 Å². The number of pyridine rings is 1. The van der Waals surface area contributed by atoms with Crippen molar-refractivity contribution in [2.45, 2.75) is 12.6 Å². The Kier molecular flexibility index (Phi) is 6.32. The summed E-state index contributed by atoms with van der Waals surface area (Å²) in [6.07, 6.45) is -2.57. The Bertz CT molecular complexity index is 1090. The van der Waals surface area contributed by atoms with Crippen molar-refractivity contribution >= 4 is 5.91 Å². The van der Waals surface area contributed by atoms with Gasteiger partial charge in [-0.05, 0) is 48.4 Å². The lowest BCUT2D eigenvalue weighted by Crippen LogP contribution is -2.26. The number of rotatable bonds is 6. The SMILES string of the molecule is N#Cc1cc(Oc2cccc(CCNC(=O)c3cccc(C(F)(F)F)c3)c2)ccn1. The predicted octanol–water partition coefficient (Wildman–Crippen LogP) is 4.74. The Morgan fingerprint density at radius 1 is 1.07 bits per heavy atom. The molecule has 0 saturated heterocycles. The quantitative estimate of drug-likeness (QED) is 0.636. The van der Waals surface area contributed by atoms with Crippen molar-refractivity contribution in [1.82, 2.24) is 10.3 Å². The van der Waals surface area contributed by atoms with E-state index >= 15 is 0 Å². The number of nitrogens with one attached hydrogen (secondary N) is 1. The van der Waals surface area contributed by atoms with Crippen molar-refractivity contribution in [3.63, 3.8) is 0 Å². The van der Waals surface area contributed by atoms with Crippen LogP contribution in [-0.2, 0) is 12.6 Å². The highest BCUT2D eigenvalue weighted by Gasteiger charge is 2.30. The molecule has 2 aromatic carbocycles. The number of aromatic nitrogens is 1. The summed E-state index contributed by atoms with van der Waals surface area (Å²) < 4.78 is 44.1. The summed E-state index contributed by atoms with van der Waals surface area (Å²) >= 11 is 0. The van der Waals surface area contributed by atoms with E-state index in [1.165, 1.54) is 24.4 Å². The molecule has 0 spiro atoms. The first-order valence-corrected chi connectivity index (χ1v) is 8.93. The van der Waals surface area contributed by atoms with Gasteiger partial charge in [-0.25, -0.2) is 4.98 Å². The van der Waals surface area contributed by atoms with Gasteiger partial charge in [0.1, 0.15) is 23.3 Å². The molecule has 5 nitrogen and oxygen atoms in total. The van der Waals surface area contributed by atoms with Gasteiger partial charge >= 0.3 is 6.18 Å². The summed E-state index contributed by atoms with van der Waals surface area (Å²) in [4.78, 5) is 16.0. The molecule has 1 N–H and O–H groups in total. The number of nitriles is 1. The molecule has 30 heavy (non-hydrogen) atoms. The number of hydrogen-bond donors (Lipinski definition) is 1. The third-order valence-corrected chi connectivity index (χ3v) is 4.13. The Morgan fingerprint density at radius 3 is 2.60 bits per heavy atom. The molecule has 0 saturated carbocycles. The van der Waals surface area contributed by atoms with E-state index < -0.39 is 17.6 Å². The summed E-state index contributed by atoms with van der Waals surface area (Å²) in [5.41, 5.74) is 0.191. The lowest BCUT2D eigenvalue weighted by molar-refractivity contribution is -0.137. The van der Waals surface area contributed by atoms with Gasteiger partial charge in [-0.2, -0.15) is 18.4 Å². The molecular formula is C22H16F3N3O2. The smallest absolute Gasteiger partial charge is 0.416 e. The van der Waals surface area contributed by atoms with Crippen molar-refractivity contribution in [3.05, 3.63) is 89.2 Å². The molecule has 3 rings (SSSR count). The molecule has 1 aromatic heterocycles. The molecule has 0 unspecified atom stereocenters. The molecule has 0 radical (unpaired) electrons. The molecule has 0 aliphatic rings. The molecule has 0 bridgehead atoms. The molecule has 0 atom stereocenters. The monoisotopic (exact) mass is 411 g/mol. The maximum atomic E-state index is 12.8. The Hall–Kier alpha value is -3.86. The van der Waals surface area contributed by atoms with Crippen LogP contribution in [0.15, 0.2) is 66.9 Å². The average Bonchev–Trinajstić information content (AvgIpc) is 2.73. The Morgan fingerprint density at radius 2 is 1.83 bits per heavy atom. The van der Waals surface area contributed by atoms with Crippen LogP contribution in [0.25, 0.3) is 0 Å². The lowest BCUT2D eigenvalue weighted by atomic mass is 10.1. The Labute approximate surface area is 170 Å². The van der Waals surface area contributed by atoms with Crippen LogP contribution in [0, 0.1) is 11.3 Å². The van der Waals surface area contributed by atoms with Crippen molar-refractivity contribution in [2.75, 3.05) is 6.54 Å². The van der Waals surface area contributed by atoms with E-state index in [1.807, 2.05) is 12.1 Å². The zero-order valence-corrected chi connectivity index (χ0v) is 15.6. The fourth-order valence-electron chi connectivity index (χ4n) is 2.70. The van der Waals surface area contributed by atoms with Crippen LogP contribution in [0.3, 0.4) is 0 Å². The second-order valence-electron chi connectivity index (χ2n) is 6.32. The zero-order valence-electron chi connectivity index (χ0n) is 15.6. The molecule has 1 heterocycles. The molecule has 1 amide bonds. The minimum Gasteiger partial charge on any atom is -0.457 e. The second-order valence-corrected chi connectivity index (χ2v) is 6.32. The average molecular weight is 411 g/mol. The van der Waals surface area contributed by atoms with Gasteiger partial charge in [0.2, 0.25) is 0 Å². The summed E-state index contributed by atoms with van der Waals surface area (Å²) in [6, 6.07) is 16.5. The fourth-order valence-corrected chi connectivity index (χ4v) is 2.70. The number of amides is 1. The first-order valence-electron chi connectivity index (χ1n) is 8.93. The number of nitrogens with zero attached hydrogens (tertiary/aromatic N) is 2. The van der Waals surface area contributed by atoms with E-state index in [-0.39, 0.29) is 17.8 Å².